The minimum absolute atomic E-state index is 0.147. The average molecular weight is 410 g/mol. The number of carbonyl (C=O) groups is 1. The lowest BCUT2D eigenvalue weighted by Crippen LogP contribution is -2.34. The van der Waals surface area contributed by atoms with E-state index in [4.69, 9.17) is 0 Å². The lowest BCUT2D eigenvalue weighted by molar-refractivity contribution is -0.116. The SMILES string of the molecule is CCCCCC(=O)CS(CCCC)(CCCC)[OH+]S(=O)(=O)C(F)(F)F. The first-order valence-electron chi connectivity index (χ1n) is 8.87. The fraction of sp³-hybridized carbons (Fsp3) is 0.938. The van der Waals surface area contributed by atoms with E-state index in [1.165, 1.54) is 0 Å². The molecule has 1 N–H and O–H groups in total. The lowest BCUT2D eigenvalue weighted by Gasteiger charge is -2.33. The predicted molar refractivity (Wildman–Crippen MR) is 98.8 cm³/mol. The van der Waals surface area contributed by atoms with Crippen LogP contribution in [0.2, 0.25) is 0 Å². The molecule has 0 aliphatic rings. The van der Waals surface area contributed by atoms with E-state index in [0.717, 1.165) is 12.8 Å². The van der Waals surface area contributed by atoms with Crippen molar-refractivity contribution in [3.63, 3.8) is 0 Å². The summed E-state index contributed by atoms with van der Waals surface area (Å²) in [5, 5.41) is 0. The molecule has 0 radical (unpaired) electrons. The molecule has 0 bridgehead atoms. The molecule has 0 heterocycles. The summed E-state index contributed by atoms with van der Waals surface area (Å²) in [6.45, 7) is 5.75. The maximum atomic E-state index is 12.8. The van der Waals surface area contributed by atoms with Gasteiger partial charge in [-0.1, -0.05) is 46.5 Å². The van der Waals surface area contributed by atoms with Gasteiger partial charge in [0.1, 0.15) is 5.78 Å². The lowest BCUT2D eigenvalue weighted by atomic mass is 10.2. The minimum Gasteiger partial charge on any atom is -0.299 e. The Morgan fingerprint density at radius 2 is 1.36 bits per heavy atom. The molecule has 25 heavy (non-hydrogen) atoms. The van der Waals surface area contributed by atoms with Crippen molar-refractivity contribution >= 4 is 26.2 Å². The Morgan fingerprint density at radius 3 is 1.76 bits per heavy atom. The Labute approximate surface area is 151 Å². The maximum Gasteiger partial charge on any atom is 0.572 e. The molecular formula is C16H32F3O4S2+. The number of Topliss-reactive ketones (excluding diaryl/α,β-unsaturated/α-hetero) is 1. The van der Waals surface area contributed by atoms with Crippen molar-refractivity contribution in [3.8, 4) is 0 Å². The highest BCUT2D eigenvalue weighted by atomic mass is 32.3. The summed E-state index contributed by atoms with van der Waals surface area (Å²) in [6.07, 6.45) is 5.33. The number of hydrogen-bond acceptors (Lipinski definition) is 3. The summed E-state index contributed by atoms with van der Waals surface area (Å²) in [5.74, 6) is 0.208. The second kappa shape index (κ2) is 11.4. The summed E-state index contributed by atoms with van der Waals surface area (Å²) < 4.78 is 65.2. The van der Waals surface area contributed by atoms with Crippen molar-refractivity contribution in [1.82, 2.24) is 0 Å². The number of hydrogen-bond donors (Lipinski definition) is 0. The zero-order valence-electron chi connectivity index (χ0n) is 15.4. The standard InChI is InChI=1S/C16H31F3O4S2/c1-4-7-10-11-15(20)14-24(12-8-5-2,13-9-6-3)23-25(21,22)16(17,18)19/h4-14H2,1-3H3/p+1. The monoisotopic (exact) mass is 409 g/mol. The van der Waals surface area contributed by atoms with Crippen LogP contribution < -0.4 is 0 Å². The number of rotatable bonds is 14. The zero-order valence-corrected chi connectivity index (χ0v) is 17.0. The number of ketones is 1. The molecule has 0 unspecified atom stereocenters. The highest BCUT2D eigenvalue weighted by Gasteiger charge is 2.56. The quantitative estimate of drug-likeness (QED) is 0.167. The summed E-state index contributed by atoms with van der Waals surface area (Å²) in [4.78, 5) is 12.3. The molecule has 0 saturated heterocycles. The first-order valence-corrected chi connectivity index (χ1v) is 12.4. The van der Waals surface area contributed by atoms with Crippen LogP contribution in [0.25, 0.3) is 0 Å². The van der Waals surface area contributed by atoms with E-state index in [0.29, 0.717) is 32.1 Å². The smallest absolute Gasteiger partial charge is 0.299 e. The fourth-order valence-electron chi connectivity index (χ4n) is 2.37. The van der Waals surface area contributed by atoms with Crippen molar-refractivity contribution in [3.05, 3.63) is 0 Å². The average Bonchev–Trinajstić information content (AvgIpc) is 2.49. The molecule has 0 fully saturated rings. The zero-order chi connectivity index (χ0) is 19.6. The van der Waals surface area contributed by atoms with Gasteiger partial charge in [-0.05, 0) is 29.6 Å². The first kappa shape index (κ1) is 24.7. The molecule has 0 saturated carbocycles. The first-order chi connectivity index (χ1) is 11.5. The van der Waals surface area contributed by atoms with Crippen molar-refractivity contribution in [2.45, 2.75) is 77.6 Å². The molecule has 0 aromatic carbocycles. The number of halogens is 3. The van der Waals surface area contributed by atoms with E-state index >= 15 is 0 Å². The summed E-state index contributed by atoms with van der Waals surface area (Å²) in [7, 11) is -8.11. The van der Waals surface area contributed by atoms with E-state index in [2.05, 4.69) is 3.63 Å². The Morgan fingerprint density at radius 1 is 0.880 bits per heavy atom. The van der Waals surface area contributed by atoms with E-state index in [9.17, 15) is 26.4 Å². The number of alkyl halides is 3. The Hall–Kier alpha value is -0.280. The molecule has 4 nitrogen and oxygen atoms in total. The van der Waals surface area contributed by atoms with Crippen LogP contribution in [0, 0.1) is 0 Å². The van der Waals surface area contributed by atoms with Crippen LogP contribution >= 0.6 is 10.3 Å². The van der Waals surface area contributed by atoms with Gasteiger partial charge >= 0.3 is 15.6 Å². The maximum absolute atomic E-state index is 12.8. The van der Waals surface area contributed by atoms with Crippen molar-refractivity contribution < 1.29 is 30.0 Å². The van der Waals surface area contributed by atoms with Crippen LogP contribution in [0.5, 0.6) is 0 Å². The second-order valence-electron chi connectivity index (χ2n) is 6.25. The second-order valence-corrected chi connectivity index (χ2v) is 11.4. The van der Waals surface area contributed by atoms with Crippen LogP contribution in [-0.2, 0) is 14.9 Å². The molecular weight excluding hydrogens is 377 g/mol. The molecule has 9 heteroatoms. The van der Waals surface area contributed by atoms with Crippen molar-refractivity contribution in [1.29, 1.82) is 0 Å². The molecule has 0 rings (SSSR count). The summed E-state index contributed by atoms with van der Waals surface area (Å²) in [5.41, 5.74) is -5.41. The topological polar surface area (TPSA) is 64.0 Å². The molecule has 0 spiro atoms. The van der Waals surface area contributed by atoms with E-state index in [1.807, 2.05) is 20.8 Å². The molecule has 0 atom stereocenters. The molecule has 0 aliphatic heterocycles. The Kier molecular flexibility index (Phi) is 11.3. The van der Waals surface area contributed by atoms with Gasteiger partial charge in [0.15, 0.2) is 0 Å². The van der Waals surface area contributed by atoms with Gasteiger partial charge in [-0.2, -0.15) is 13.2 Å². The predicted octanol–water partition coefficient (Wildman–Crippen LogP) is 5.40. The van der Waals surface area contributed by atoms with Crippen LogP contribution in [0.3, 0.4) is 0 Å². The van der Waals surface area contributed by atoms with E-state index < -0.39 is 25.9 Å². The van der Waals surface area contributed by atoms with Crippen LogP contribution in [0.4, 0.5) is 13.2 Å². The molecule has 0 aromatic heterocycles. The number of unbranched alkanes of at least 4 members (excludes halogenated alkanes) is 4. The third-order valence-electron chi connectivity index (χ3n) is 3.79. The third-order valence-corrected chi connectivity index (χ3v) is 9.38. The Balaban J connectivity index is 5.44. The van der Waals surface area contributed by atoms with Crippen LogP contribution in [0.15, 0.2) is 0 Å². The minimum atomic E-state index is -5.58. The molecule has 0 amide bonds. The summed E-state index contributed by atoms with van der Waals surface area (Å²) in [6, 6.07) is 0. The van der Waals surface area contributed by atoms with Gasteiger partial charge in [-0.15, -0.1) is 8.42 Å². The molecule has 152 valence electrons. The van der Waals surface area contributed by atoms with Gasteiger partial charge in [0.25, 0.3) is 0 Å². The normalized spacial score (nSPS) is 13.8. The van der Waals surface area contributed by atoms with Gasteiger partial charge in [0.05, 0.1) is 5.75 Å². The Bertz CT molecular complexity index is 482. The van der Waals surface area contributed by atoms with Gasteiger partial charge in [0, 0.05) is 17.9 Å². The fourth-order valence-corrected chi connectivity index (χ4v) is 8.07. The van der Waals surface area contributed by atoms with E-state index in [-0.39, 0.29) is 29.5 Å². The van der Waals surface area contributed by atoms with Crippen LogP contribution in [-0.4, -0.2) is 40.6 Å². The van der Waals surface area contributed by atoms with Gasteiger partial charge in [-0.3, -0.25) is 8.42 Å². The third kappa shape index (κ3) is 9.28. The molecule has 0 aliphatic carbocycles. The van der Waals surface area contributed by atoms with Gasteiger partial charge in [0.2, 0.25) is 0 Å². The van der Waals surface area contributed by atoms with Gasteiger partial charge < -0.3 is 0 Å². The van der Waals surface area contributed by atoms with Crippen molar-refractivity contribution in [2.24, 2.45) is 0 Å². The van der Waals surface area contributed by atoms with Crippen LogP contribution in [0.1, 0.15) is 72.1 Å². The van der Waals surface area contributed by atoms with Gasteiger partial charge in [-0.25, -0.2) is 0 Å². The highest BCUT2D eigenvalue weighted by Crippen LogP contribution is 2.52. The largest absolute Gasteiger partial charge is 0.572 e. The summed E-state index contributed by atoms with van der Waals surface area (Å²) >= 11 is 0. The number of carbonyl (C=O) groups excluding carboxylic acids is 1. The molecule has 0 aromatic rings. The van der Waals surface area contributed by atoms with E-state index in [1.54, 1.807) is 0 Å². The van der Waals surface area contributed by atoms with Crippen molar-refractivity contribution in [2.75, 3.05) is 17.3 Å². The highest BCUT2D eigenvalue weighted by molar-refractivity contribution is 8.32.